The van der Waals surface area contributed by atoms with Gasteiger partial charge in [-0.2, -0.15) is 0 Å². The first-order valence-corrected chi connectivity index (χ1v) is 12.6. The number of pyridine rings is 1. The molecule has 6 nitrogen and oxygen atoms in total. The van der Waals surface area contributed by atoms with Crippen LogP contribution in [0.4, 0.5) is 8.78 Å². The minimum Gasteiger partial charge on any atom is -0.497 e. The second-order valence-corrected chi connectivity index (χ2v) is 10.1. The van der Waals surface area contributed by atoms with E-state index in [0.717, 1.165) is 34.1 Å². The second-order valence-electron chi connectivity index (χ2n) is 8.75. The van der Waals surface area contributed by atoms with Gasteiger partial charge in [-0.05, 0) is 61.0 Å². The fraction of sp³-hybridized carbons (Fsp3) is 0.259. The molecule has 0 saturated carbocycles. The van der Waals surface area contributed by atoms with E-state index in [1.807, 2.05) is 64.2 Å². The maximum atomic E-state index is 14.4. The van der Waals surface area contributed by atoms with Crippen molar-refractivity contribution in [2.75, 3.05) is 13.7 Å². The Kier molecular flexibility index (Phi) is 7.20. The highest BCUT2D eigenvalue weighted by Gasteiger charge is 2.37. The number of nitrogens with zero attached hydrogens (tertiary/aromatic N) is 3. The number of likely N-dealkylation sites (tertiary alicyclic amines) is 1. The number of carbonyl (C=O) groups is 1. The summed E-state index contributed by atoms with van der Waals surface area (Å²) in [5.74, 6) is -0.353. The number of rotatable bonds is 8. The summed E-state index contributed by atoms with van der Waals surface area (Å²) < 4.78 is 35.4. The number of fused-ring (bicyclic) bond motifs is 1. The van der Waals surface area contributed by atoms with Gasteiger partial charge in [0.1, 0.15) is 23.0 Å². The maximum Gasteiger partial charge on any atom is 0.237 e. The van der Waals surface area contributed by atoms with Gasteiger partial charge in [-0.1, -0.05) is 6.07 Å². The molecule has 1 N–H and O–H groups in total. The van der Waals surface area contributed by atoms with Gasteiger partial charge < -0.3 is 14.5 Å². The molecule has 0 bridgehead atoms. The van der Waals surface area contributed by atoms with E-state index in [1.54, 1.807) is 18.9 Å². The van der Waals surface area contributed by atoms with Crippen LogP contribution >= 0.6 is 11.8 Å². The summed E-state index contributed by atoms with van der Waals surface area (Å²) in [5, 5.41) is 3.11. The Bertz CT molecular complexity index is 1330. The zero-order chi connectivity index (χ0) is 25.1. The molecule has 3 heterocycles. The Morgan fingerprint density at radius 1 is 1.17 bits per heavy atom. The summed E-state index contributed by atoms with van der Waals surface area (Å²) in [6, 6.07) is 16.4. The fourth-order valence-corrected chi connectivity index (χ4v) is 5.71. The Labute approximate surface area is 212 Å². The van der Waals surface area contributed by atoms with Crippen molar-refractivity contribution in [3.05, 3.63) is 95.9 Å². The summed E-state index contributed by atoms with van der Waals surface area (Å²) in [7, 11) is 1.62. The fourth-order valence-electron chi connectivity index (χ4n) is 4.49. The van der Waals surface area contributed by atoms with Crippen molar-refractivity contribution in [3.63, 3.8) is 0 Å². The SMILES string of the molecule is COc1ccc(S[C@@H]2C[C@@H](C(=O)NCc3cn4ccccc4n3)N(Cc3cc(F)ccc3F)C2)cc1. The molecule has 1 saturated heterocycles. The molecule has 186 valence electrons. The molecule has 0 radical (unpaired) electrons. The lowest BCUT2D eigenvalue weighted by Crippen LogP contribution is -2.42. The first kappa shape index (κ1) is 24.3. The molecule has 1 aliphatic heterocycles. The van der Waals surface area contributed by atoms with Crippen molar-refractivity contribution >= 4 is 23.3 Å². The second kappa shape index (κ2) is 10.7. The number of halogens is 2. The third-order valence-electron chi connectivity index (χ3n) is 6.27. The number of hydrogen-bond acceptors (Lipinski definition) is 5. The number of ether oxygens (including phenoxy) is 1. The van der Waals surface area contributed by atoms with Gasteiger partial charge in [0.05, 0.1) is 25.4 Å². The number of nitrogens with one attached hydrogen (secondary N) is 1. The van der Waals surface area contributed by atoms with E-state index in [4.69, 9.17) is 4.74 Å². The number of thioether (sulfide) groups is 1. The van der Waals surface area contributed by atoms with E-state index >= 15 is 0 Å². The van der Waals surface area contributed by atoms with E-state index in [2.05, 4.69) is 10.3 Å². The Morgan fingerprint density at radius 3 is 2.78 bits per heavy atom. The molecule has 1 fully saturated rings. The van der Waals surface area contributed by atoms with Crippen molar-refractivity contribution in [1.29, 1.82) is 0 Å². The Balaban J connectivity index is 1.30. The van der Waals surface area contributed by atoms with Gasteiger partial charge in [-0.15, -0.1) is 11.8 Å². The topological polar surface area (TPSA) is 58.9 Å². The van der Waals surface area contributed by atoms with Crippen LogP contribution in [-0.4, -0.2) is 45.1 Å². The average Bonchev–Trinajstić information content (AvgIpc) is 3.49. The molecule has 9 heteroatoms. The summed E-state index contributed by atoms with van der Waals surface area (Å²) in [5.41, 5.74) is 1.80. The Hall–Kier alpha value is -3.43. The van der Waals surface area contributed by atoms with E-state index in [1.165, 1.54) is 6.07 Å². The largest absolute Gasteiger partial charge is 0.497 e. The highest BCUT2D eigenvalue weighted by atomic mass is 32.2. The minimum absolute atomic E-state index is 0.112. The minimum atomic E-state index is -0.498. The molecule has 4 aromatic rings. The summed E-state index contributed by atoms with van der Waals surface area (Å²) >= 11 is 1.67. The normalized spacial score (nSPS) is 18.0. The molecule has 2 aromatic carbocycles. The van der Waals surface area contributed by atoms with Gasteiger partial charge in [-0.25, -0.2) is 13.8 Å². The predicted octanol–water partition coefficient (Wildman–Crippen LogP) is 4.67. The third-order valence-corrected chi connectivity index (χ3v) is 7.49. The van der Waals surface area contributed by atoms with Crippen molar-refractivity contribution in [3.8, 4) is 5.75 Å². The predicted molar refractivity (Wildman–Crippen MR) is 135 cm³/mol. The van der Waals surface area contributed by atoms with Crippen molar-refractivity contribution in [2.45, 2.75) is 35.7 Å². The van der Waals surface area contributed by atoms with Gasteiger partial charge in [0.25, 0.3) is 0 Å². The molecule has 0 unspecified atom stereocenters. The number of carbonyl (C=O) groups excluding carboxylic acids is 1. The van der Waals surface area contributed by atoms with Gasteiger partial charge in [-0.3, -0.25) is 9.69 Å². The molecule has 2 atom stereocenters. The number of hydrogen-bond donors (Lipinski definition) is 1. The van der Waals surface area contributed by atoms with Crippen molar-refractivity contribution in [2.24, 2.45) is 0 Å². The van der Waals surface area contributed by atoms with Gasteiger partial charge in [0.15, 0.2) is 0 Å². The summed E-state index contributed by atoms with van der Waals surface area (Å²) in [6.45, 7) is 1.00. The number of methoxy groups -OCH3 is 1. The molecule has 0 spiro atoms. The van der Waals surface area contributed by atoms with Crippen LogP contribution in [0.15, 0.2) is 78.0 Å². The highest BCUT2D eigenvalue weighted by Crippen LogP contribution is 2.35. The van der Waals surface area contributed by atoms with Crippen LogP contribution in [0.25, 0.3) is 5.65 Å². The molecule has 36 heavy (non-hydrogen) atoms. The van der Waals surface area contributed by atoms with Crippen LogP contribution in [0.3, 0.4) is 0 Å². The lowest BCUT2D eigenvalue weighted by molar-refractivity contribution is -0.125. The van der Waals surface area contributed by atoms with E-state index < -0.39 is 17.7 Å². The molecule has 1 amide bonds. The first-order chi connectivity index (χ1) is 17.5. The molecule has 5 rings (SSSR count). The quantitative estimate of drug-likeness (QED) is 0.375. The van der Waals surface area contributed by atoms with Crippen molar-refractivity contribution in [1.82, 2.24) is 19.6 Å². The van der Waals surface area contributed by atoms with E-state index in [0.29, 0.717) is 13.0 Å². The van der Waals surface area contributed by atoms with E-state index in [-0.39, 0.29) is 29.8 Å². The third kappa shape index (κ3) is 5.52. The average molecular weight is 509 g/mol. The zero-order valence-corrected chi connectivity index (χ0v) is 20.6. The standard InChI is InChI=1S/C27H26F2N4O2S/c1-35-21-6-8-22(9-7-21)36-23-13-25(33(17-23)15-18-12-19(28)5-10-24(18)29)27(34)30-14-20-16-32-11-3-2-4-26(32)31-20/h2-12,16,23,25H,13-15,17H2,1H3,(H,30,34)/t23-,25+/m1/s1. The molecular weight excluding hydrogens is 482 g/mol. The number of amides is 1. The summed E-state index contributed by atoms with van der Waals surface area (Å²) in [6.07, 6.45) is 4.37. The molecule has 0 aliphatic carbocycles. The van der Waals surface area contributed by atoms with Crippen LogP contribution in [0, 0.1) is 11.6 Å². The van der Waals surface area contributed by atoms with Gasteiger partial charge >= 0.3 is 0 Å². The summed E-state index contributed by atoms with van der Waals surface area (Å²) in [4.78, 5) is 20.8. The number of imidazole rings is 1. The zero-order valence-electron chi connectivity index (χ0n) is 19.7. The van der Waals surface area contributed by atoms with Crippen LogP contribution < -0.4 is 10.1 Å². The smallest absolute Gasteiger partial charge is 0.237 e. The molecular formula is C27H26F2N4O2S. The van der Waals surface area contributed by atoms with Crippen LogP contribution in [-0.2, 0) is 17.9 Å². The van der Waals surface area contributed by atoms with Gasteiger partial charge in [0, 0.05) is 41.2 Å². The monoisotopic (exact) mass is 508 g/mol. The highest BCUT2D eigenvalue weighted by molar-refractivity contribution is 8.00. The Morgan fingerprint density at radius 2 is 2.00 bits per heavy atom. The number of aromatic nitrogens is 2. The van der Waals surface area contributed by atoms with Crippen LogP contribution in [0.5, 0.6) is 5.75 Å². The van der Waals surface area contributed by atoms with Crippen LogP contribution in [0.1, 0.15) is 17.7 Å². The molecule has 1 aliphatic rings. The van der Waals surface area contributed by atoms with Crippen LogP contribution in [0.2, 0.25) is 0 Å². The first-order valence-electron chi connectivity index (χ1n) is 11.7. The lowest BCUT2D eigenvalue weighted by Gasteiger charge is -2.23. The van der Waals surface area contributed by atoms with E-state index in [9.17, 15) is 13.6 Å². The van der Waals surface area contributed by atoms with Gasteiger partial charge in [0.2, 0.25) is 5.91 Å². The molecule has 2 aromatic heterocycles. The van der Waals surface area contributed by atoms with Crippen molar-refractivity contribution < 1.29 is 18.3 Å². The number of benzene rings is 2. The maximum absolute atomic E-state index is 14.4. The lowest BCUT2D eigenvalue weighted by atomic mass is 10.1.